The summed E-state index contributed by atoms with van der Waals surface area (Å²) in [5.41, 5.74) is 1.94. The second kappa shape index (κ2) is 9.59. The number of esters is 1. The molecule has 0 aliphatic heterocycles. The van der Waals surface area contributed by atoms with Gasteiger partial charge in [-0.3, -0.25) is 0 Å². The predicted octanol–water partition coefficient (Wildman–Crippen LogP) is 6.38. The van der Waals surface area contributed by atoms with Crippen molar-refractivity contribution in [3.63, 3.8) is 0 Å². The van der Waals surface area contributed by atoms with Crippen LogP contribution in [0.15, 0.2) is 48.5 Å². The summed E-state index contributed by atoms with van der Waals surface area (Å²) in [7, 11) is 1.61. The number of hydrogen-bond donors (Lipinski definition) is 0. The largest absolute Gasteiger partial charge is 0.497 e. The lowest BCUT2D eigenvalue weighted by molar-refractivity contribution is 0.0734. The zero-order valence-corrected chi connectivity index (χ0v) is 16.4. The minimum absolute atomic E-state index is 0.324. The van der Waals surface area contributed by atoms with Gasteiger partial charge >= 0.3 is 5.97 Å². The molecule has 0 saturated heterocycles. The zero-order chi connectivity index (χ0) is 19.1. The van der Waals surface area contributed by atoms with E-state index in [1.807, 2.05) is 12.1 Å². The molecule has 1 aliphatic carbocycles. The third-order valence-electron chi connectivity index (χ3n) is 5.70. The van der Waals surface area contributed by atoms with Crippen LogP contribution in [0.3, 0.4) is 0 Å². The molecule has 3 rings (SSSR count). The van der Waals surface area contributed by atoms with Gasteiger partial charge in [-0.15, -0.1) is 0 Å². The van der Waals surface area contributed by atoms with Crippen molar-refractivity contribution in [2.24, 2.45) is 5.92 Å². The number of methoxy groups -OCH3 is 1. The van der Waals surface area contributed by atoms with E-state index in [1.54, 1.807) is 31.4 Å². The molecule has 0 N–H and O–H groups in total. The van der Waals surface area contributed by atoms with Crippen molar-refractivity contribution in [1.29, 1.82) is 0 Å². The number of carbonyl (C=O) groups is 1. The number of hydrogen-bond acceptors (Lipinski definition) is 3. The highest BCUT2D eigenvalue weighted by Crippen LogP contribution is 2.37. The smallest absolute Gasteiger partial charge is 0.343 e. The van der Waals surface area contributed by atoms with Crippen molar-refractivity contribution < 1.29 is 14.3 Å². The van der Waals surface area contributed by atoms with Crippen LogP contribution >= 0.6 is 0 Å². The molecule has 3 heteroatoms. The predicted molar refractivity (Wildman–Crippen MR) is 109 cm³/mol. The molecular formula is C24H30O3. The van der Waals surface area contributed by atoms with Gasteiger partial charge in [-0.2, -0.15) is 0 Å². The van der Waals surface area contributed by atoms with E-state index < -0.39 is 0 Å². The van der Waals surface area contributed by atoms with E-state index in [0.29, 0.717) is 17.2 Å². The van der Waals surface area contributed by atoms with Crippen LogP contribution in [-0.4, -0.2) is 13.1 Å². The molecule has 1 fully saturated rings. The minimum Gasteiger partial charge on any atom is -0.497 e. The number of carbonyl (C=O) groups excluding carboxylic acids is 1. The Labute approximate surface area is 162 Å². The maximum atomic E-state index is 12.3. The molecule has 0 unspecified atom stereocenters. The van der Waals surface area contributed by atoms with Gasteiger partial charge in [-0.1, -0.05) is 38.3 Å². The number of benzene rings is 2. The maximum Gasteiger partial charge on any atom is 0.343 e. The van der Waals surface area contributed by atoms with Gasteiger partial charge in [0, 0.05) is 0 Å². The van der Waals surface area contributed by atoms with Crippen LogP contribution in [0.4, 0.5) is 0 Å². The lowest BCUT2D eigenvalue weighted by Crippen LogP contribution is -2.14. The highest BCUT2D eigenvalue weighted by atomic mass is 16.5. The van der Waals surface area contributed by atoms with Gasteiger partial charge in [-0.25, -0.2) is 4.79 Å². The third-order valence-corrected chi connectivity index (χ3v) is 5.70. The molecule has 0 bridgehead atoms. The summed E-state index contributed by atoms with van der Waals surface area (Å²) < 4.78 is 10.6. The van der Waals surface area contributed by atoms with Crippen LogP contribution in [0.2, 0.25) is 0 Å². The second-order valence-electron chi connectivity index (χ2n) is 7.55. The Balaban J connectivity index is 1.54. The number of rotatable bonds is 7. The van der Waals surface area contributed by atoms with Gasteiger partial charge in [-0.05, 0) is 79.5 Å². The average Bonchev–Trinajstić information content (AvgIpc) is 2.73. The fourth-order valence-electron chi connectivity index (χ4n) is 3.98. The van der Waals surface area contributed by atoms with Crippen LogP contribution in [-0.2, 0) is 0 Å². The first kappa shape index (κ1) is 19.5. The molecular weight excluding hydrogens is 336 g/mol. The monoisotopic (exact) mass is 366 g/mol. The maximum absolute atomic E-state index is 12.3. The van der Waals surface area contributed by atoms with Crippen molar-refractivity contribution in [1.82, 2.24) is 0 Å². The first-order chi connectivity index (χ1) is 13.2. The Morgan fingerprint density at radius 2 is 1.56 bits per heavy atom. The minimum atomic E-state index is -0.324. The topological polar surface area (TPSA) is 35.5 Å². The van der Waals surface area contributed by atoms with Gasteiger partial charge in [0.25, 0.3) is 0 Å². The van der Waals surface area contributed by atoms with Crippen molar-refractivity contribution in [2.75, 3.05) is 7.11 Å². The standard InChI is InChI=1S/C24H30O3/c1-3-4-5-18-6-8-19(9-7-18)20-10-12-21(13-11-20)24(25)27-23-16-14-22(26-2)15-17-23/h10-19H,3-9H2,1-2H3. The van der Waals surface area contributed by atoms with E-state index in [4.69, 9.17) is 9.47 Å². The Morgan fingerprint density at radius 1 is 0.926 bits per heavy atom. The summed E-state index contributed by atoms with van der Waals surface area (Å²) in [5, 5.41) is 0. The van der Waals surface area contributed by atoms with Crippen molar-refractivity contribution in [3.05, 3.63) is 59.7 Å². The average molecular weight is 367 g/mol. The molecule has 1 saturated carbocycles. The lowest BCUT2D eigenvalue weighted by atomic mass is 9.77. The Bertz CT molecular complexity index is 710. The number of ether oxygens (including phenoxy) is 2. The van der Waals surface area contributed by atoms with E-state index in [2.05, 4.69) is 19.1 Å². The molecule has 3 nitrogen and oxygen atoms in total. The molecule has 1 aliphatic rings. The summed E-state index contributed by atoms with van der Waals surface area (Å²) >= 11 is 0. The fourth-order valence-corrected chi connectivity index (χ4v) is 3.98. The summed E-state index contributed by atoms with van der Waals surface area (Å²) in [6, 6.07) is 15.0. The normalized spacial score (nSPS) is 19.5. The second-order valence-corrected chi connectivity index (χ2v) is 7.55. The molecule has 0 spiro atoms. The van der Waals surface area contributed by atoms with Crippen molar-refractivity contribution in [3.8, 4) is 11.5 Å². The highest BCUT2D eigenvalue weighted by Gasteiger charge is 2.22. The van der Waals surface area contributed by atoms with E-state index in [-0.39, 0.29) is 5.97 Å². The molecule has 144 valence electrons. The van der Waals surface area contributed by atoms with Gasteiger partial charge in [0.2, 0.25) is 0 Å². The molecule has 0 radical (unpaired) electrons. The summed E-state index contributed by atoms with van der Waals surface area (Å²) in [5.74, 6) is 2.49. The molecule has 0 aromatic heterocycles. The van der Waals surface area contributed by atoms with Crippen molar-refractivity contribution >= 4 is 5.97 Å². The van der Waals surface area contributed by atoms with E-state index >= 15 is 0 Å². The molecule has 0 atom stereocenters. The molecule has 2 aromatic rings. The fraction of sp³-hybridized carbons (Fsp3) is 0.458. The van der Waals surface area contributed by atoms with Gasteiger partial charge in [0.1, 0.15) is 11.5 Å². The first-order valence-electron chi connectivity index (χ1n) is 10.2. The summed E-state index contributed by atoms with van der Waals surface area (Å²) in [4.78, 5) is 12.3. The number of unbranched alkanes of at least 4 members (excludes halogenated alkanes) is 1. The Morgan fingerprint density at radius 3 is 2.15 bits per heavy atom. The van der Waals surface area contributed by atoms with Crippen LogP contribution in [0.5, 0.6) is 11.5 Å². The molecule has 0 amide bonds. The van der Waals surface area contributed by atoms with Crippen LogP contribution < -0.4 is 9.47 Å². The van der Waals surface area contributed by atoms with E-state index in [9.17, 15) is 4.79 Å². The summed E-state index contributed by atoms with van der Waals surface area (Å²) in [6.07, 6.45) is 9.26. The lowest BCUT2D eigenvalue weighted by Gasteiger charge is -2.28. The first-order valence-corrected chi connectivity index (χ1v) is 10.2. The zero-order valence-electron chi connectivity index (χ0n) is 16.4. The molecule has 27 heavy (non-hydrogen) atoms. The van der Waals surface area contributed by atoms with Crippen molar-refractivity contribution in [2.45, 2.75) is 57.8 Å². The SMILES string of the molecule is CCCCC1CCC(c2ccc(C(=O)Oc3ccc(OC)cc3)cc2)CC1. The quantitative estimate of drug-likeness (QED) is 0.421. The molecule has 2 aromatic carbocycles. The highest BCUT2D eigenvalue weighted by molar-refractivity contribution is 5.91. The Kier molecular flexibility index (Phi) is 6.92. The van der Waals surface area contributed by atoms with Crippen LogP contribution in [0, 0.1) is 5.92 Å². The van der Waals surface area contributed by atoms with Crippen LogP contribution in [0.25, 0.3) is 0 Å². The third kappa shape index (κ3) is 5.35. The van der Waals surface area contributed by atoms with Crippen LogP contribution in [0.1, 0.15) is 73.7 Å². The Hall–Kier alpha value is -2.29. The van der Waals surface area contributed by atoms with Gasteiger partial charge in [0.05, 0.1) is 12.7 Å². The van der Waals surface area contributed by atoms with E-state index in [0.717, 1.165) is 11.7 Å². The van der Waals surface area contributed by atoms with E-state index in [1.165, 1.54) is 50.5 Å². The summed E-state index contributed by atoms with van der Waals surface area (Å²) in [6.45, 7) is 2.27. The van der Waals surface area contributed by atoms with Gasteiger partial charge in [0.15, 0.2) is 0 Å². The molecule has 0 heterocycles. The van der Waals surface area contributed by atoms with Gasteiger partial charge < -0.3 is 9.47 Å².